The SMILES string of the molecule is CCOC(=O)N1CCN(c2ccc3c(c2)CC(=O)N3C)CC1. The second-order valence-electron chi connectivity index (χ2n) is 5.62. The molecule has 2 aliphatic rings. The van der Waals surface area contributed by atoms with Gasteiger partial charge >= 0.3 is 6.09 Å². The van der Waals surface area contributed by atoms with E-state index in [1.807, 2.05) is 26.1 Å². The van der Waals surface area contributed by atoms with Gasteiger partial charge in [-0.1, -0.05) is 0 Å². The molecule has 0 aliphatic carbocycles. The predicted octanol–water partition coefficient (Wildman–Crippen LogP) is 1.48. The molecule has 2 amide bonds. The molecule has 3 rings (SSSR count). The second kappa shape index (κ2) is 5.87. The van der Waals surface area contributed by atoms with Gasteiger partial charge in [-0.2, -0.15) is 0 Å². The number of nitrogens with zero attached hydrogens (tertiary/aromatic N) is 3. The Labute approximate surface area is 130 Å². The molecule has 0 radical (unpaired) electrons. The molecule has 0 unspecified atom stereocenters. The summed E-state index contributed by atoms with van der Waals surface area (Å²) in [6.45, 7) is 5.11. The van der Waals surface area contributed by atoms with Crippen molar-refractivity contribution in [1.82, 2.24) is 4.90 Å². The molecular weight excluding hydrogens is 282 g/mol. The maximum atomic E-state index is 11.8. The van der Waals surface area contributed by atoms with E-state index in [0.29, 0.717) is 26.1 Å². The fraction of sp³-hybridized carbons (Fsp3) is 0.500. The number of carbonyl (C=O) groups is 2. The number of amides is 2. The number of hydrogen-bond donors (Lipinski definition) is 0. The van der Waals surface area contributed by atoms with Crippen molar-refractivity contribution in [2.75, 3.05) is 49.6 Å². The van der Waals surface area contributed by atoms with Gasteiger partial charge in [-0.05, 0) is 30.7 Å². The highest BCUT2D eigenvalue weighted by atomic mass is 16.6. The number of fused-ring (bicyclic) bond motifs is 1. The van der Waals surface area contributed by atoms with Gasteiger partial charge in [0.15, 0.2) is 0 Å². The monoisotopic (exact) mass is 303 g/mol. The van der Waals surface area contributed by atoms with Crippen LogP contribution in [0.5, 0.6) is 0 Å². The molecular formula is C16H21N3O3. The van der Waals surface area contributed by atoms with Crippen LogP contribution in [-0.2, 0) is 16.0 Å². The average Bonchev–Trinajstić information content (AvgIpc) is 2.82. The van der Waals surface area contributed by atoms with Crippen LogP contribution in [0, 0.1) is 0 Å². The zero-order valence-electron chi connectivity index (χ0n) is 13.0. The lowest BCUT2D eigenvalue weighted by atomic mass is 10.1. The number of rotatable bonds is 2. The van der Waals surface area contributed by atoms with Crippen molar-refractivity contribution in [1.29, 1.82) is 0 Å². The van der Waals surface area contributed by atoms with E-state index in [1.54, 1.807) is 9.80 Å². The molecule has 1 aromatic rings. The van der Waals surface area contributed by atoms with Crippen LogP contribution in [0.4, 0.5) is 16.2 Å². The van der Waals surface area contributed by atoms with Crippen LogP contribution in [0.2, 0.25) is 0 Å². The van der Waals surface area contributed by atoms with Crippen molar-refractivity contribution in [3.05, 3.63) is 23.8 Å². The summed E-state index contributed by atoms with van der Waals surface area (Å²) in [5.41, 5.74) is 3.20. The zero-order chi connectivity index (χ0) is 15.7. The molecule has 2 aliphatic heterocycles. The lowest BCUT2D eigenvalue weighted by Gasteiger charge is -2.35. The van der Waals surface area contributed by atoms with Gasteiger partial charge in [0.2, 0.25) is 5.91 Å². The van der Waals surface area contributed by atoms with Crippen molar-refractivity contribution < 1.29 is 14.3 Å². The summed E-state index contributed by atoms with van der Waals surface area (Å²) in [5.74, 6) is 0.138. The molecule has 0 N–H and O–H groups in total. The largest absolute Gasteiger partial charge is 0.450 e. The third kappa shape index (κ3) is 2.61. The fourth-order valence-corrected chi connectivity index (χ4v) is 3.02. The van der Waals surface area contributed by atoms with E-state index in [-0.39, 0.29) is 12.0 Å². The maximum Gasteiger partial charge on any atom is 0.409 e. The summed E-state index contributed by atoms with van der Waals surface area (Å²) in [5, 5.41) is 0. The van der Waals surface area contributed by atoms with E-state index in [1.165, 1.54) is 0 Å². The van der Waals surface area contributed by atoms with Gasteiger partial charge in [-0.15, -0.1) is 0 Å². The Morgan fingerprint density at radius 1 is 1.23 bits per heavy atom. The summed E-state index contributed by atoms with van der Waals surface area (Å²) in [6, 6.07) is 6.15. The van der Waals surface area contributed by atoms with E-state index >= 15 is 0 Å². The molecule has 0 atom stereocenters. The fourth-order valence-electron chi connectivity index (χ4n) is 3.02. The van der Waals surface area contributed by atoms with Crippen molar-refractivity contribution in [2.45, 2.75) is 13.3 Å². The summed E-state index contributed by atoms with van der Waals surface area (Å²) >= 11 is 0. The van der Waals surface area contributed by atoms with E-state index in [2.05, 4.69) is 11.0 Å². The van der Waals surface area contributed by atoms with Gasteiger partial charge in [0.25, 0.3) is 0 Å². The van der Waals surface area contributed by atoms with Gasteiger partial charge in [-0.25, -0.2) is 4.79 Å². The summed E-state index contributed by atoms with van der Waals surface area (Å²) < 4.78 is 5.03. The molecule has 0 spiro atoms. The Kier molecular flexibility index (Phi) is 3.92. The van der Waals surface area contributed by atoms with Gasteiger partial charge in [0, 0.05) is 44.6 Å². The Morgan fingerprint density at radius 3 is 2.64 bits per heavy atom. The molecule has 6 heteroatoms. The van der Waals surface area contributed by atoms with Crippen LogP contribution in [0.3, 0.4) is 0 Å². The summed E-state index contributed by atoms with van der Waals surface area (Å²) in [4.78, 5) is 29.2. The molecule has 6 nitrogen and oxygen atoms in total. The third-order valence-corrected chi connectivity index (χ3v) is 4.31. The van der Waals surface area contributed by atoms with Crippen LogP contribution in [0.25, 0.3) is 0 Å². The van der Waals surface area contributed by atoms with Crippen molar-refractivity contribution in [3.63, 3.8) is 0 Å². The summed E-state index contributed by atoms with van der Waals surface area (Å²) in [7, 11) is 1.81. The van der Waals surface area contributed by atoms with Crippen LogP contribution in [0.1, 0.15) is 12.5 Å². The Balaban J connectivity index is 1.66. The van der Waals surface area contributed by atoms with E-state index < -0.39 is 0 Å². The molecule has 1 fully saturated rings. The van der Waals surface area contributed by atoms with E-state index in [9.17, 15) is 9.59 Å². The topological polar surface area (TPSA) is 53.1 Å². The Bertz CT molecular complexity index is 594. The average molecular weight is 303 g/mol. The number of anilines is 2. The highest BCUT2D eigenvalue weighted by molar-refractivity contribution is 6.01. The number of ether oxygens (including phenoxy) is 1. The first kappa shape index (κ1) is 14.7. The van der Waals surface area contributed by atoms with Crippen LogP contribution < -0.4 is 9.80 Å². The molecule has 2 heterocycles. The third-order valence-electron chi connectivity index (χ3n) is 4.31. The van der Waals surface area contributed by atoms with Crippen LogP contribution >= 0.6 is 0 Å². The van der Waals surface area contributed by atoms with Crippen molar-refractivity contribution >= 4 is 23.4 Å². The Hall–Kier alpha value is -2.24. The van der Waals surface area contributed by atoms with Crippen molar-refractivity contribution in [3.8, 4) is 0 Å². The Morgan fingerprint density at radius 2 is 1.95 bits per heavy atom. The lowest BCUT2D eigenvalue weighted by molar-refractivity contribution is -0.117. The standard InChI is InChI=1S/C16H21N3O3/c1-3-22-16(21)19-8-6-18(7-9-19)13-4-5-14-12(10-13)11-15(20)17(14)2/h4-5,10H,3,6-9,11H2,1-2H3. The molecule has 0 aromatic heterocycles. The second-order valence-corrected chi connectivity index (χ2v) is 5.62. The first-order valence-electron chi connectivity index (χ1n) is 7.66. The van der Waals surface area contributed by atoms with Gasteiger partial charge in [0.05, 0.1) is 13.0 Å². The van der Waals surface area contributed by atoms with E-state index in [4.69, 9.17) is 4.74 Å². The van der Waals surface area contributed by atoms with Gasteiger partial charge < -0.3 is 19.4 Å². The zero-order valence-corrected chi connectivity index (χ0v) is 13.0. The highest BCUT2D eigenvalue weighted by Crippen LogP contribution is 2.31. The minimum atomic E-state index is -0.233. The van der Waals surface area contributed by atoms with Crippen LogP contribution in [0.15, 0.2) is 18.2 Å². The normalized spacial score (nSPS) is 17.7. The number of benzene rings is 1. The highest BCUT2D eigenvalue weighted by Gasteiger charge is 2.26. The first-order valence-corrected chi connectivity index (χ1v) is 7.66. The molecule has 1 aromatic carbocycles. The number of carbonyl (C=O) groups excluding carboxylic acids is 2. The quantitative estimate of drug-likeness (QED) is 0.830. The molecule has 22 heavy (non-hydrogen) atoms. The minimum absolute atomic E-state index is 0.138. The summed E-state index contributed by atoms with van der Waals surface area (Å²) in [6.07, 6.45) is 0.242. The van der Waals surface area contributed by atoms with Crippen LogP contribution in [-0.4, -0.2) is 56.7 Å². The molecule has 0 saturated carbocycles. The number of piperazine rings is 1. The molecule has 1 saturated heterocycles. The van der Waals surface area contributed by atoms with Gasteiger partial charge in [-0.3, -0.25) is 4.79 Å². The number of hydrogen-bond acceptors (Lipinski definition) is 4. The minimum Gasteiger partial charge on any atom is -0.450 e. The van der Waals surface area contributed by atoms with Crippen molar-refractivity contribution in [2.24, 2.45) is 0 Å². The molecule has 118 valence electrons. The maximum absolute atomic E-state index is 11.8. The number of likely N-dealkylation sites (N-methyl/N-ethyl adjacent to an activating group) is 1. The van der Waals surface area contributed by atoms with E-state index in [0.717, 1.165) is 30.0 Å². The smallest absolute Gasteiger partial charge is 0.409 e. The molecule has 0 bridgehead atoms. The van der Waals surface area contributed by atoms with Gasteiger partial charge in [0.1, 0.15) is 0 Å². The first-order chi connectivity index (χ1) is 10.6. The lowest BCUT2D eigenvalue weighted by Crippen LogP contribution is -2.49. The predicted molar refractivity (Wildman–Crippen MR) is 84.4 cm³/mol.